The largest absolute Gasteiger partial charge is 0.478 e. The summed E-state index contributed by atoms with van der Waals surface area (Å²) in [4.78, 5) is 28.5. The number of alkyl halides is 2. The minimum absolute atomic E-state index is 0.0533. The van der Waals surface area contributed by atoms with E-state index in [1.54, 1.807) is 0 Å². The molecule has 1 amide bonds. The van der Waals surface area contributed by atoms with Crippen LogP contribution < -0.4 is 9.64 Å². The molecule has 0 atom stereocenters. The maximum absolute atomic E-state index is 14.4. The van der Waals surface area contributed by atoms with Crippen molar-refractivity contribution in [1.82, 2.24) is 4.98 Å². The maximum atomic E-state index is 14.4. The van der Waals surface area contributed by atoms with E-state index in [1.807, 2.05) is 0 Å². The van der Waals surface area contributed by atoms with Gasteiger partial charge in [0.1, 0.15) is 5.82 Å². The van der Waals surface area contributed by atoms with Crippen molar-refractivity contribution < 1.29 is 37.0 Å². The Bertz CT molecular complexity index is 978. The van der Waals surface area contributed by atoms with Gasteiger partial charge < -0.3 is 9.84 Å². The van der Waals surface area contributed by atoms with Gasteiger partial charge >= 0.3 is 5.97 Å². The Morgan fingerprint density at radius 3 is 2.50 bits per heavy atom. The number of amides is 1. The highest BCUT2D eigenvalue weighted by molar-refractivity contribution is 6.13. The molecule has 1 aliphatic heterocycles. The summed E-state index contributed by atoms with van der Waals surface area (Å²) < 4.78 is 58.0. The Morgan fingerprint density at radius 1 is 1.21 bits per heavy atom. The van der Waals surface area contributed by atoms with E-state index in [2.05, 4.69) is 4.98 Å². The van der Waals surface area contributed by atoms with Crippen LogP contribution in [-0.4, -0.2) is 35.0 Å². The van der Waals surface area contributed by atoms with Crippen LogP contribution >= 0.6 is 0 Å². The fraction of sp³-hybridized carbons (Fsp3) is 0.278. The summed E-state index contributed by atoms with van der Waals surface area (Å²) in [6, 6.07) is 2.80. The fourth-order valence-corrected chi connectivity index (χ4v) is 2.96. The number of rotatable bonds is 5. The zero-order chi connectivity index (χ0) is 20.8. The van der Waals surface area contributed by atoms with Gasteiger partial charge in [0.2, 0.25) is 11.8 Å². The van der Waals surface area contributed by atoms with Gasteiger partial charge in [-0.05, 0) is 31.5 Å². The molecule has 0 saturated heterocycles. The van der Waals surface area contributed by atoms with Crippen LogP contribution in [0, 0.1) is 11.6 Å². The first kappa shape index (κ1) is 19.6. The lowest BCUT2D eigenvalue weighted by Gasteiger charge is -2.21. The molecular formula is C18H14F4N2O4. The molecule has 6 nitrogen and oxygen atoms in total. The number of nitrogens with zero attached hydrogens (tertiary/aromatic N) is 2. The summed E-state index contributed by atoms with van der Waals surface area (Å²) in [5.74, 6) is -4.60. The van der Waals surface area contributed by atoms with Gasteiger partial charge in [0.15, 0.2) is 12.4 Å². The van der Waals surface area contributed by atoms with Gasteiger partial charge in [0.05, 0.1) is 28.6 Å². The van der Waals surface area contributed by atoms with Crippen LogP contribution in [0.4, 0.5) is 28.9 Å². The molecule has 0 unspecified atom stereocenters. The number of hydrogen-bond donors (Lipinski definition) is 1. The van der Waals surface area contributed by atoms with Crippen molar-refractivity contribution >= 4 is 23.3 Å². The van der Waals surface area contributed by atoms with E-state index >= 15 is 0 Å². The highest BCUT2D eigenvalue weighted by Crippen LogP contribution is 2.47. The van der Waals surface area contributed by atoms with Crippen molar-refractivity contribution in [3.05, 3.63) is 47.2 Å². The van der Waals surface area contributed by atoms with Gasteiger partial charge in [-0.25, -0.2) is 27.3 Å². The molecule has 0 fully saturated rings. The summed E-state index contributed by atoms with van der Waals surface area (Å²) in [5.41, 5.74) is -2.16. The molecule has 0 radical (unpaired) electrons. The molecule has 28 heavy (non-hydrogen) atoms. The van der Waals surface area contributed by atoms with E-state index in [9.17, 15) is 27.2 Å². The smallest absolute Gasteiger partial charge is 0.338 e. The molecular weight excluding hydrogens is 384 g/mol. The number of halogens is 4. The van der Waals surface area contributed by atoms with Crippen LogP contribution in [0.3, 0.4) is 0 Å². The van der Waals surface area contributed by atoms with Crippen molar-refractivity contribution in [2.24, 2.45) is 0 Å². The summed E-state index contributed by atoms with van der Waals surface area (Å²) in [6.45, 7) is 1.97. The molecule has 1 N–H and O–H groups in total. The first-order valence-electron chi connectivity index (χ1n) is 8.02. The molecule has 3 rings (SSSR count). The second kappa shape index (κ2) is 6.77. The van der Waals surface area contributed by atoms with Crippen molar-refractivity contribution in [3.63, 3.8) is 0 Å². The predicted octanol–water partition coefficient (Wildman–Crippen LogP) is 3.66. The second-order valence-corrected chi connectivity index (χ2v) is 6.60. The van der Waals surface area contributed by atoms with Crippen LogP contribution in [0.15, 0.2) is 24.4 Å². The van der Waals surface area contributed by atoms with Crippen molar-refractivity contribution in [3.8, 4) is 5.88 Å². The van der Waals surface area contributed by atoms with Crippen LogP contribution in [0.2, 0.25) is 0 Å². The third-order valence-corrected chi connectivity index (χ3v) is 4.38. The fourth-order valence-electron chi connectivity index (χ4n) is 2.96. The Hall–Kier alpha value is -3.17. The molecule has 2 heterocycles. The molecule has 10 heteroatoms. The van der Waals surface area contributed by atoms with E-state index < -0.39 is 47.5 Å². The predicted molar refractivity (Wildman–Crippen MR) is 89.2 cm³/mol. The second-order valence-electron chi connectivity index (χ2n) is 6.60. The van der Waals surface area contributed by atoms with E-state index in [-0.39, 0.29) is 22.8 Å². The lowest BCUT2D eigenvalue weighted by Crippen LogP contribution is -2.33. The quantitative estimate of drug-likeness (QED) is 0.778. The van der Waals surface area contributed by atoms with Crippen LogP contribution in [-0.2, 0) is 10.2 Å². The Balaban J connectivity index is 2.15. The average Bonchev–Trinajstić information content (AvgIpc) is 2.79. The van der Waals surface area contributed by atoms with E-state index in [0.717, 1.165) is 23.1 Å². The zero-order valence-electron chi connectivity index (χ0n) is 14.7. The number of aromatic carboxylic acids is 1. The van der Waals surface area contributed by atoms with Crippen molar-refractivity contribution in [2.75, 3.05) is 11.5 Å². The molecule has 2 aromatic rings. The van der Waals surface area contributed by atoms with Crippen LogP contribution in [0.5, 0.6) is 5.88 Å². The summed E-state index contributed by atoms with van der Waals surface area (Å²) in [5, 5.41) is 9.12. The SMILES string of the molecule is CC1(C)C(=O)N(c2cc(OCC(F)F)ncc2F)c2cc(F)c(C(=O)O)cc21. The minimum Gasteiger partial charge on any atom is -0.478 e. The highest BCUT2D eigenvalue weighted by Gasteiger charge is 2.46. The van der Waals surface area contributed by atoms with Crippen LogP contribution in [0.25, 0.3) is 0 Å². The molecule has 0 aliphatic carbocycles. The lowest BCUT2D eigenvalue weighted by atomic mass is 9.85. The van der Waals surface area contributed by atoms with E-state index in [0.29, 0.717) is 6.20 Å². The van der Waals surface area contributed by atoms with Gasteiger partial charge in [0, 0.05) is 6.07 Å². The van der Waals surface area contributed by atoms with Gasteiger partial charge in [-0.1, -0.05) is 0 Å². The van der Waals surface area contributed by atoms with Gasteiger partial charge in [-0.15, -0.1) is 0 Å². The standard InChI is InChI=1S/C18H14F4N2O4/c1-18(2)9-3-8(16(25)26)10(19)4-12(9)24(17(18)27)13-5-15(23-6-11(13)20)28-7-14(21)22/h3-6,14H,7H2,1-2H3,(H,25,26). The highest BCUT2D eigenvalue weighted by atomic mass is 19.3. The normalized spacial score (nSPS) is 15.1. The monoisotopic (exact) mass is 398 g/mol. The number of aromatic nitrogens is 1. The van der Waals surface area contributed by atoms with E-state index in [1.165, 1.54) is 13.8 Å². The first-order valence-corrected chi connectivity index (χ1v) is 8.02. The van der Waals surface area contributed by atoms with Crippen molar-refractivity contribution in [2.45, 2.75) is 25.7 Å². The number of pyridine rings is 1. The zero-order valence-corrected chi connectivity index (χ0v) is 14.7. The third kappa shape index (κ3) is 3.14. The number of anilines is 2. The minimum atomic E-state index is -2.79. The Labute approximate surface area is 156 Å². The number of carboxylic acids is 1. The molecule has 0 saturated carbocycles. The number of hydrogen-bond acceptors (Lipinski definition) is 4. The molecule has 0 bridgehead atoms. The van der Waals surface area contributed by atoms with Gasteiger partial charge in [-0.2, -0.15) is 0 Å². The lowest BCUT2D eigenvalue weighted by molar-refractivity contribution is -0.121. The number of carboxylic acid groups (broad SMARTS) is 1. The number of fused-ring (bicyclic) bond motifs is 1. The summed E-state index contributed by atoms with van der Waals surface area (Å²) in [7, 11) is 0. The van der Waals surface area contributed by atoms with Gasteiger partial charge in [0.25, 0.3) is 6.43 Å². The van der Waals surface area contributed by atoms with E-state index in [4.69, 9.17) is 9.84 Å². The number of carbonyl (C=O) groups excluding carboxylic acids is 1. The Morgan fingerprint density at radius 2 is 1.89 bits per heavy atom. The average molecular weight is 398 g/mol. The van der Waals surface area contributed by atoms with Crippen LogP contribution in [0.1, 0.15) is 29.8 Å². The maximum Gasteiger partial charge on any atom is 0.338 e. The van der Waals surface area contributed by atoms with Gasteiger partial charge in [-0.3, -0.25) is 9.69 Å². The molecule has 1 aliphatic rings. The molecule has 148 valence electrons. The molecule has 0 spiro atoms. The molecule has 1 aromatic carbocycles. The topological polar surface area (TPSA) is 79.7 Å². The Kier molecular flexibility index (Phi) is 4.74. The summed E-state index contributed by atoms with van der Waals surface area (Å²) in [6.07, 6.45) is -2.09. The number of benzene rings is 1. The van der Waals surface area contributed by atoms with Crippen molar-refractivity contribution in [1.29, 1.82) is 0 Å². The molecule has 1 aromatic heterocycles. The number of ether oxygens (including phenoxy) is 1. The number of carbonyl (C=O) groups is 2. The third-order valence-electron chi connectivity index (χ3n) is 4.38. The first-order chi connectivity index (χ1) is 13.0. The summed E-state index contributed by atoms with van der Waals surface area (Å²) >= 11 is 0.